The summed E-state index contributed by atoms with van der Waals surface area (Å²) in [6.07, 6.45) is 3.27. The minimum Gasteiger partial charge on any atom is -0.352 e. The van der Waals surface area contributed by atoms with Crippen molar-refractivity contribution in [3.8, 4) is 0 Å². The highest BCUT2D eigenvalue weighted by Crippen LogP contribution is 2.23. The van der Waals surface area contributed by atoms with Crippen molar-refractivity contribution in [3.63, 3.8) is 0 Å². The zero-order valence-corrected chi connectivity index (χ0v) is 17.5. The van der Waals surface area contributed by atoms with Crippen molar-refractivity contribution >= 4 is 27.5 Å². The Balaban J connectivity index is 1.64. The minimum absolute atomic E-state index is 0.182. The summed E-state index contributed by atoms with van der Waals surface area (Å²) in [7, 11) is -3.54. The Morgan fingerprint density at radius 3 is 2.57 bits per heavy atom. The molecule has 0 aliphatic carbocycles. The molecule has 1 heterocycles. The lowest BCUT2D eigenvalue weighted by Gasteiger charge is -2.17. The normalized spacial score (nSPS) is 14.9. The van der Waals surface area contributed by atoms with Gasteiger partial charge in [-0.05, 0) is 61.9 Å². The molecule has 0 unspecified atom stereocenters. The quantitative estimate of drug-likeness (QED) is 0.693. The highest BCUT2D eigenvalue weighted by Gasteiger charge is 2.28. The second-order valence-electron chi connectivity index (χ2n) is 7.04. The number of benzene rings is 2. The molecule has 28 heavy (non-hydrogen) atoms. The number of hydrogen-bond donors (Lipinski definition) is 1. The lowest BCUT2D eigenvalue weighted by Crippen LogP contribution is -2.29. The summed E-state index contributed by atoms with van der Waals surface area (Å²) >= 11 is 6.15. The van der Waals surface area contributed by atoms with Crippen molar-refractivity contribution in [3.05, 3.63) is 64.2 Å². The van der Waals surface area contributed by atoms with Gasteiger partial charge in [-0.1, -0.05) is 35.9 Å². The first-order valence-electron chi connectivity index (χ1n) is 9.52. The van der Waals surface area contributed by atoms with Crippen molar-refractivity contribution in [2.45, 2.75) is 37.5 Å². The predicted molar refractivity (Wildman–Crippen MR) is 111 cm³/mol. The van der Waals surface area contributed by atoms with E-state index < -0.39 is 10.0 Å². The van der Waals surface area contributed by atoms with Crippen LogP contribution in [-0.4, -0.2) is 38.3 Å². The molecule has 1 N–H and O–H groups in total. The molecule has 7 heteroatoms. The van der Waals surface area contributed by atoms with Crippen LogP contribution < -0.4 is 5.32 Å². The van der Waals surface area contributed by atoms with Crippen molar-refractivity contribution in [1.29, 1.82) is 0 Å². The number of carbonyl (C=O) groups excluding carboxylic acids is 1. The lowest BCUT2D eigenvalue weighted by atomic mass is 10.1. The van der Waals surface area contributed by atoms with Crippen LogP contribution in [0.25, 0.3) is 0 Å². The van der Waals surface area contributed by atoms with Crippen molar-refractivity contribution in [1.82, 2.24) is 9.62 Å². The van der Waals surface area contributed by atoms with Crippen molar-refractivity contribution in [2.75, 3.05) is 19.6 Å². The molecule has 1 aliphatic rings. The second-order valence-corrected chi connectivity index (χ2v) is 9.38. The van der Waals surface area contributed by atoms with Crippen LogP contribution >= 0.6 is 11.6 Å². The van der Waals surface area contributed by atoms with E-state index >= 15 is 0 Å². The van der Waals surface area contributed by atoms with E-state index in [2.05, 4.69) is 5.32 Å². The van der Waals surface area contributed by atoms with E-state index in [1.165, 1.54) is 10.4 Å². The monoisotopic (exact) mass is 420 g/mol. The Bertz CT molecular complexity index is 954. The Hall–Kier alpha value is -1.89. The maximum Gasteiger partial charge on any atom is 0.251 e. The molecular weight excluding hydrogens is 396 g/mol. The molecule has 0 atom stereocenters. The molecule has 5 nitrogen and oxygen atoms in total. The van der Waals surface area contributed by atoms with Gasteiger partial charge in [0.1, 0.15) is 0 Å². The number of sulfonamides is 1. The molecule has 150 valence electrons. The fourth-order valence-electron chi connectivity index (χ4n) is 3.36. The summed E-state index contributed by atoms with van der Waals surface area (Å²) in [6, 6.07) is 12.4. The first-order chi connectivity index (χ1) is 13.4. The standard InChI is InChI=1S/C21H25ClN2O3S/c1-16-10-11-18(28(26,27)24-13-4-5-14-24)15-19(16)21(25)23-12-6-8-17-7-2-3-9-20(17)22/h2-3,7,9-11,15H,4-6,8,12-14H2,1H3,(H,23,25). The zero-order chi connectivity index (χ0) is 20.1. The second kappa shape index (κ2) is 9.07. The van der Waals surface area contributed by atoms with E-state index in [9.17, 15) is 13.2 Å². The largest absolute Gasteiger partial charge is 0.352 e. The average Bonchev–Trinajstić information content (AvgIpc) is 3.22. The van der Waals surface area contributed by atoms with E-state index in [-0.39, 0.29) is 10.8 Å². The van der Waals surface area contributed by atoms with E-state index in [1.54, 1.807) is 12.1 Å². The highest BCUT2D eigenvalue weighted by molar-refractivity contribution is 7.89. The molecule has 0 bridgehead atoms. The number of amides is 1. The topological polar surface area (TPSA) is 66.5 Å². The lowest BCUT2D eigenvalue weighted by molar-refractivity contribution is 0.0952. The number of rotatable bonds is 7. The van der Waals surface area contributed by atoms with Gasteiger partial charge in [0.05, 0.1) is 4.90 Å². The number of nitrogens with one attached hydrogen (secondary N) is 1. The van der Waals surface area contributed by atoms with Crippen LogP contribution in [0, 0.1) is 6.92 Å². The summed E-state index contributed by atoms with van der Waals surface area (Å²) in [5, 5.41) is 3.61. The molecule has 3 rings (SSSR count). The molecule has 1 fully saturated rings. The van der Waals surface area contributed by atoms with E-state index in [0.29, 0.717) is 25.2 Å². The van der Waals surface area contributed by atoms with Gasteiger partial charge in [-0.25, -0.2) is 8.42 Å². The summed E-state index contributed by atoms with van der Waals surface area (Å²) in [4.78, 5) is 12.8. The first kappa shape index (κ1) is 20.8. The number of nitrogens with zero attached hydrogens (tertiary/aromatic N) is 1. The molecule has 2 aromatic carbocycles. The molecule has 1 amide bonds. The number of carbonyl (C=O) groups is 1. The van der Waals surface area contributed by atoms with Crippen LogP contribution in [0.4, 0.5) is 0 Å². The SMILES string of the molecule is Cc1ccc(S(=O)(=O)N2CCCC2)cc1C(=O)NCCCc1ccccc1Cl. The third-order valence-corrected chi connectivity index (χ3v) is 7.29. The smallest absolute Gasteiger partial charge is 0.251 e. The minimum atomic E-state index is -3.54. The van der Waals surface area contributed by atoms with Gasteiger partial charge in [0, 0.05) is 30.2 Å². The molecule has 0 spiro atoms. The Labute approximate surface area is 171 Å². The van der Waals surface area contributed by atoms with Gasteiger partial charge in [0.25, 0.3) is 5.91 Å². The third-order valence-electron chi connectivity index (χ3n) is 5.02. The molecule has 2 aromatic rings. The number of halogens is 1. The molecule has 0 aromatic heterocycles. The van der Waals surface area contributed by atoms with Crippen LogP contribution in [0.1, 0.15) is 40.7 Å². The fourth-order valence-corrected chi connectivity index (χ4v) is 5.13. The van der Waals surface area contributed by atoms with E-state index in [4.69, 9.17) is 11.6 Å². The highest BCUT2D eigenvalue weighted by atomic mass is 35.5. The first-order valence-corrected chi connectivity index (χ1v) is 11.3. The van der Waals surface area contributed by atoms with Crippen LogP contribution in [0.5, 0.6) is 0 Å². The molecular formula is C21H25ClN2O3S. The molecule has 1 aliphatic heterocycles. The van der Waals surface area contributed by atoms with Gasteiger partial charge in [-0.3, -0.25) is 4.79 Å². The molecule has 1 saturated heterocycles. The van der Waals surface area contributed by atoms with Gasteiger partial charge < -0.3 is 5.32 Å². The predicted octanol–water partition coefficient (Wildman–Crippen LogP) is 3.80. The summed E-state index contributed by atoms with van der Waals surface area (Å²) in [5.41, 5.74) is 2.20. The van der Waals surface area contributed by atoms with Gasteiger partial charge in [0.15, 0.2) is 0 Å². The van der Waals surface area contributed by atoms with E-state index in [0.717, 1.165) is 41.8 Å². The number of aryl methyl sites for hydroxylation is 2. The zero-order valence-electron chi connectivity index (χ0n) is 15.9. The van der Waals surface area contributed by atoms with Crippen molar-refractivity contribution < 1.29 is 13.2 Å². The number of hydrogen-bond acceptors (Lipinski definition) is 3. The Morgan fingerprint density at radius 1 is 1.14 bits per heavy atom. The maximum atomic E-state index is 12.8. The van der Waals surface area contributed by atoms with Crippen LogP contribution in [0.2, 0.25) is 5.02 Å². The summed E-state index contributed by atoms with van der Waals surface area (Å²) in [5.74, 6) is -0.255. The summed E-state index contributed by atoms with van der Waals surface area (Å²) < 4.78 is 27.0. The molecule has 0 saturated carbocycles. The molecule has 0 radical (unpaired) electrons. The van der Waals surface area contributed by atoms with Crippen LogP contribution in [-0.2, 0) is 16.4 Å². The van der Waals surface area contributed by atoms with Crippen LogP contribution in [0.3, 0.4) is 0 Å². The van der Waals surface area contributed by atoms with Gasteiger partial charge in [-0.2, -0.15) is 4.31 Å². The van der Waals surface area contributed by atoms with Gasteiger partial charge >= 0.3 is 0 Å². The van der Waals surface area contributed by atoms with Gasteiger partial charge in [0.2, 0.25) is 10.0 Å². The Morgan fingerprint density at radius 2 is 1.86 bits per heavy atom. The Kier molecular flexibility index (Phi) is 6.75. The van der Waals surface area contributed by atoms with E-state index in [1.807, 2.05) is 31.2 Å². The van der Waals surface area contributed by atoms with Gasteiger partial charge in [-0.15, -0.1) is 0 Å². The average molecular weight is 421 g/mol. The van der Waals surface area contributed by atoms with Crippen molar-refractivity contribution in [2.24, 2.45) is 0 Å². The summed E-state index contributed by atoms with van der Waals surface area (Å²) in [6.45, 7) is 3.39. The fraction of sp³-hybridized carbons (Fsp3) is 0.381. The third kappa shape index (κ3) is 4.74. The maximum absolute atomic E-state index is 12.8. The van der Waals surface area contributed by atoms with Crippen LogP contribution in [0.15, 0.2) is 47.4 Å².